The second-order valence-corrected chi connectivity index (χ2v) is 1.55. The number of nitrogens with zero attached hydrogens (tertiary/aromatic N) is 4. The molecule has 0 aliphatic heterocycles. The van der Waals surface area contributed by atoms with Crippen LogP contribution in [0, 0.1) is 0 Å². The van der Waals surface area contributed by atoms with Gasteiger partial charge in [-0.25, -0.2) is 0 Å². The molecule has 4 nitrogen and oxygen atoms in total. The van der Waals surface area contributed by atoms with E-state index in [0.29, 0.717) is 0 Å². The molecule has 1 aromatic rings. The summed E-state index contributed by atoms with van der Waals surface area (Å²) >= 11 is 0. The Morgan fingerprint density at radius 2 is 2.00 bits per heavy atom. The van der Waals surface area contributed by atoms with Crippen molar-refractivity contribution in [3.8, 4) is 0 Å². The molecule has 0 aliphatic rings. The van der Waals surface area contributed by atoms with Crippen molar-refractivity contribution in [3.63, 3.8) is 0 Å². The van der Waals surface area contributed by atoms with Crippen LogP contribution in [0.15, 0.2) is 0 Å². The average molecular weight is 142 g/mol. The van der Waals surface area contributed by atoms with Crippen molar-refractivity contribution < 1.29 is 0 Å². The second-order valence-electron chi connectivity index (χ2n) is 1.55. The number of hydrogen-bond acceptors (Lipinski definition) is 3. The summed E-state index contributed by atoms with van der Waals surface area (Å²) in [7, 11) is 1.76. The molecular formula is C6H14N4. The van der Waals surface area contributed by atoms with E-state index in [4.69, 9.17) is 0 Å². The highest BCUT2D eigenvalue weighted by molar-refractivity contribution is 4.72. The Balaban J connectivity index is 0.000000371. The molecule has 58 valence electrons. The summed E-state index contributed by atoms with van der Waals surface area (Å²) in [6, 6.07) is 0. The molecule has 0 radical (unpaired) electrons. The molecule has 0 aromatic carbocycles. The van der Waals surface area contributed by atoms with Crippen LogP contribution >= 0.6 is 0 Å². The van der Waals surface area contributed by atoms with Crippen molar-refractivity contribution in [2.45, 2.75) is 27.2 Å². The van der Waals surface area contributed by atoms with Crippen LogP contribution in [0.5, 0.6) is 0 Å². The third-order valence-corrected chi connectivity index (χ3v) is 0.866. The van der Waals surface area contributed by atoms with E-state index in [1.165, 1.54) is 4.80 Å². The lowest BCUT2D eigenvalue weighted by Gasteiger charge is -1.77. The minimum Gasteiger partial charge on any atom is -0.167 e. The van der Waals surface area contributed by atoms with Crippen LogP contribution < -0.4 is 0 Å². The molecule has 1 rings (SSSR count). The second kappa shape index (κ2) is 4.90. The minimum absolute atomic E-state index is 0.799. The van der Waals surface area contributed by atoms with Gasteiger partial charge in [0, 0.05) is 6.42 Å². The van der Waals surface area contributed by atoms with Crippen LogP contribution in [0.2, 0.25) is 0 Å². The van der Waals surface area contributed by atoms with Crippen molar-refractivity contribution in [1.82, 2.24) is 20.2 Å². The molecule has 0 saturated heterocycles. The lowest BCUT2D eigenvalue weighted by atomic mass is 10.5. The molecule has 1 heterocycles. The van der Waals surface area contributed by atoms with Gasteiger partial charge in [0.05, 0.1) is 7.05 Å². The van der Waals surface area contributed by atoms with E-state index in [0.717, 1.165) is 12.2 Å². The number of aryl methyl sites for hydroxylation is 2. The third-order valence-electron chi connectivity index (χ3n) is 0.866. The molecule has 0 spiro atoms. The minimum atomic E-state index is 0.799. The highest BCUT2D eigenvalue weighted by Gasteiger charge is 1.92. The zero-order valence-corrected chi connectivity index (χ0v) is 7.00. The van der Waals surface area contributed by atoms with Crippen LogP contribution in [0.4, 0.5) is 0 Å². The molecule has 10 heavy (non-hydrogen) atoms. The first-order valence-corrected chi connectivity index (χ1v) is 3.56. The molecular weight excluding hydrogens is 128 g/mol. The van der Waals surface area contributed by atoms with E-state index in [1.807, 2.05) is 20.8 Å². The Labute approximate surface area is 61.2 Å². The summed E-state index contributed by atoms with van der Waals surface area (Å²) in [4.78, 5) is 1.46. The fourth-order valence-electron chi connectivity index (χ4n) is 0.465. The maximum Gasteiger partial charge on any atom is 0.174 e. The summed E-state index contributed by atoms with van der Waals surface area (Å²) in [5, 5.41) is 11.3. The average Bonchev–Trinajstić information content (AvgIpc) is 2.40. The maximum atomic E-state index is 3.92. The van der Waals surface area contributed by atoms with Crippen molar-refractivity contribution in [2.75, 3.05) is 0 Å². The molecule has 0 atom stereocenters. The SMILES string of the molecule is CC.CCc1nnn(C)n1. The van der Waals surface area contributed by atoms with Crippen LogP contribution in [0.3, 0.4) is 0 Å². The largest absolute Gasteiger partial charge is 0.174 e. The number of rotatable bonds is 1. The van der Waals surface area contributed by atoms with Crippen molar-refractivity contribution in [1.29, 1.82) is 0 Å². The van der Waals surface area contributed by atoms with E-state index in [1.54, 1.807) is 7.05 Å². The molecule has 0 N–H and O–H groups in total. The van der Waals surface area contributed by atoms with Crippen LogP contribution in [0.25, 0.3) is 0 Å². The van der Waals surface area contributed by atoms with Gasteiger partial charge < -0.3 is 0 Å². The Bertz CT molecular complexity index is 170. The van der Waals surface area contributed by atoms with Gasteiger partial charge in [-0.3, -0.25) is 0 Å². The highest BCUT2D eigenvalue weighted by atomic mass is 15.6. The molecule has 4 heteroatoms. The Morgan fingerprint density at radius 3 is 2.20 bits per heavy atom. The molecule has 0 bridgehead atoms. The maximum absolute atomic E-state index is 3.92. The molecule has 0 saturated carbocycles. The number of tetrazole rings is 1. The summed E-state index contributed by atoms with van der Waals surface area (Å²) < 4.78 is 0. The highest BCUT2D eigenvalue weighted by Crippen LogP contribution is 1.82. The quantitative estimate of drug-likeness (QED) is 0.582. The van der Waals surface area contributed by atoms with Crippen molar-refractivity contribution in [2.24, 2.45) is 7.05 Å². The Kier molecular flexibility index (Phi) is 4.45. The fourth-order valence-corrected chi connectivity index (χ4v) is 0.465. The monoisotopic (exact) mass is 142 g/mol. The van der Waals surface area contributed by atoms with Crippen LogP contribution in [0.1, 0.15) is 26.6 Å². The van der Waals surface area contributed by atoms with E-state index >= 15 is 0 Å². The predicted octanol–water partition coefficient (Wildman–Crippen LogP) is 0.799. The smallest absolute Gasteiger partial charge is 0.167 e. The van der Waals surface area contributed by atoms with Gasteiger partial charge in [-0.05, 0) is 5.21 Å². The molecule has 1 aromatic heterocycles. The molecule has 0 amide bonds. The van der Waals surface area contributed by atoms with Gasteiger partial charge in [-0.1, -0.05) is 20.8 Å². The first kappa shape index (κ1) is 9.07. The fraction of sp³-hybridized carbons (Fsp3) is 0.833. The topological polar surface area (TPSA) is 43.6 Å². The van der Waals surface area contributed by atoms with Gasteiger partial charge in [0.2, 0.25) is 0 Å². The summed E-state index contributed by atoms with van der Waals surface area (Å²) in [6.45, 7) is 6.00. The Morgan fingerprint density at radius 1 is 1.40 bits per heavy atom. The van der Waals surface area contributed by atoms with Gasteiger partial charge in [0.25, 0.3) is 0 Å². The van der Waals surface area contributed by atoms with E-state index in [2.05, 4.69) is 15.4 Å². The van der Waals surface area contributed by atoms with E-state index in [-0.39, 0.29) is 0 Å². The standard InChI is InChI=1S/C4H8N4.C2H6/c1-3-4-5-7-8(2)6-4;1-2/h3H2,1-2H3;1-2H3. The number of hydrogen-bond donors (Lipinski definition) is 0. The Hall–Kier alpha value is -0.930. The summed E-state index contributed by atoms with van der Waals surface area (Å²) in [5.41, 5.74) is 0. The van der Waals surface area contributed by atoms with Crippen molar-refractivity contribution in [3.05, 3.63) is 5.82 Å². The first-order chi connectivity index (χ1) is 4.83. The van der Waals surface area contributed by atoms with Gasteiger partial charge in [-0.15, -0.1) is 10.2 Å². The van der Waals surface area contributed by atoms with Gasteiger partial charge in [0.1, 0.15) is 0 Å². The van der Waals surface area contributed by atoms with Gasteiger partial charge >= 0.3 is 0 Å². The van der Waals surface area contributed by atoms with Gasteiger partial charge in [-0.2, -0.15) is 4.80 Å². The molecule has 0 fully saturated rings. The summed E-state index contributed by atoms with van der Waals surface area (Å²) in [6.07, 6.45) is 0.855. The van der Waals surface area contributed by atoms with Crippen LogP contribution in [-0.4, -0.2) is 20.2 Å². The summed E-state index contributed by atoms with van der Waals surface area (Å²) in [5.74, 6) is 0.799. The van der Waals surface area contributed by atoms with E-state index in [9.17, 15) is 0 Å². The lowest BCUT2D eigenvalue weighted by Crippen LogP contribution is -1.92. The van der Waals surface area contributed by atoms with Crippen molar-refractivity contribution >= 4 is 0 Å². The number of aromatic nitrogens is 4. The zero-order chi connectivity index (χ0) is 7.98. The van der Waals surface area contributed by atoms with Gasteiger partial charge in [0.15, 0.2) is 5.82 Å². The first-order valence-electron chi connectivity index (χ1n) is 3.56. The normalized spacial score (nSPS) is 8.40. The molecule has 0 aliphatic carbocycles. The lowest BCUT2D eigenvalue weighted by molar-refractivity contribution is 0.628. The molecule has 0 unspecified atom stereocenters. The predicted molar refractivity (Wildman–Crippen MR) is 39.5 cm³/mol. The third kappa shape index (κ3) is 2.57. The zero-order valence-electron chi connectivity index (χ0n) is 7.00. The van der Waals surface area contributed by atoms with Crippen LogP contribution in [-0.2, 0) is 13.5 Å². The van der Waals surface area contributed by atoms with E-state index < -0.39 is 0 Å².